The zero-order valence-corrected chi connectivity index (χ0v) is 16.4. The number of aryl methyl sites for hydroxylation is 1. The maximum absolute atomic E-state index is 13.0. The average molecular weight is 371 g/mol. The van der Waals surface area contributed by atoms with Crippen molar-refractivity contribution in [1.82, 2.24) is 14.8 Å². The topological polar surface area (TPSA) is 59.8 Å². The minimum atomic E-state index is -0.187. The first kappa shape index (κ1) is 18.4. The molecule has 0 radical (unpaired) electrons. The van der Waals surface area contributed by atoms with Crippen LogP contribution in [0.3, 0.4) is 0 Å². The maximum Gasteiger partial charge on any atom is 0.256 e. The fourth-order valence-electron chi connectivity index (χ4n) is 2.82. The number of hydrogen-bond acceptors (Lipinski definition) is 3. The summed E-state index contributed by atoms with van der Waals surface area (Å²) in [5.41, 5.74) is 3.84. The van der Waals surface area contributed by atoms with Crippen LogP contribution in [0.25, 0.3) is 11.0 Å². The van der Waals surface area contributed by atoms with E-state index in [-0.39, 0.29) is 17.9 Å². The molecule has 0 aliphatic rings. The van der Waals surface area contributed by atoms with Crippen molar-refractivity contribution in [3.63, 3.8) is 0 Å². The van der Waals surface area contributed by atoms with Gasteiger partial charge in [-0.3, -0.25) is 4.79 Å². The first-order valence-corrected chi connectivity index (χ1v) is 9.11. The predicted octanol–water partition coefficient (Wildman–Crippen LogP) is 5.35. The molecule has 0 atom stereocenters. The van der Waals surface area contributed by atoms with E-state index >= 15 is 0 Å². The molecule has 3 aromatic rings. The van der Waals surface area contributed by atoms with E-state index in [4.69, 9.17) is 16.6 Å². The lowest BCUT2D eigenvalue weighted by Gasteiger charge is -2.13. The van der Waals surface area contributed by atoms with E-state index in [1.807, 2.05) is 37.6 Å². The molecule has 1 amide bonds. The highest BCUT2D eigenvalue weighted by Gasteiger charge is 2.19. The van der Waals surface area contributed by atoms with Gasteiger partial charge in [0.1, 0.15) is 0 Å². The SMILES string of the molecule is Cc1ccc(Cl)cc1NC(=O)c1cc(C(C)C)nc2c1cnn2C(C)C. The van der Waals surface area contributed by atoms with Crippen molar-refractivity contribution in [2.45, 2.75) is 46.6 Å². The van der Waals surface area contributed by atoms with Crippen molar-refractivity contribution in [2.24, 2.45) is 0 Å². The Hall–Kier alpha value is -2.40. The van der Waals surface area contributed by atoms with Crippen LogP contribution in [0.15, 0.2) is 30.5 Å². The molecule has 0 spiro atoms. The van der Waals surface area contributed by atoms with Crippen LogP contribution in [0.2, 0.25) is 5.02 Å². The number of halogens is 1. The highest BCUT2D eigenvalue weighted by atomic mass is 35.5. The third kappa shape index (κ3) is 3.44. The third-order valence-corrected chi connectivity index (χ3v) is 4.59. The molecule has 0 unspecified atom stereocenters. The Labute approximate surface area is 158 Å². The van der Waals surface area contributed by atoms with Gasteiger partial charge in [0, 0.05) is 22.4 Å². The maximum atomic E-state index is 13.0. The molecule has 26 heavy (non-hydrogen) atoms. The number of anilines is 1. The van der Waals surface area contributed by atoms with Gasteiger partial charge in [-0.2, -0.15) is 5.10 Å². The van der Waals surface area contributed by atoms with E-state index in [0.717, 1.165) is 22.3 Å². The molecule has 2 heterocycles. The first-order valence-electron chi connectivity index (χ1n) is 8.73. The Morgan fingerprint density at radius 1 is 1.19 bits per heavy atom. The van der Waals surface area contributed by atoms with E-state index in [9.17, 15) is 4.79 Å². The van der Waals surface area contributed by atoms with E-state index in [0.29, 0.717) is 16.3 Å². The summed E-state index contributed by atoms with van der Waals surface area (Å²) in [6, 6.07) is 7.47. The van der Waals surface area contributed by atoms with Gasteiger partial charge in [-0.05, 0) is 50.5 Å². The summed E-state index contributed by atoms with van der Waals surface area (Å²) in [5.74, 6) is 0.0161. The second-order valence-corrected chi connectivity index (χ2v) is 7.52. The number of benzene rings is 1. The van der Waals surface area contributed by atoms with Crippen LogP contribution in [-0.2, 0) is 0 Å². The molecule has 0 aliphatic carbocycles. The molecule has 0 saturated heterocycles. The number of aromatic nitrogens is 3. The monoisotopic (exact) mass is 370 g/mol. The van der Waals surface area contributed by atoms with E-state index in [1.54, 1.807) is 18.3 Å². The summed E-state index contributed by atoms with van der Waals surface area (Å²) in [6.45, 7) is 10.2. The lowest BCUT2D eigenvalue weighted by atomic mass is 10.0. The summed E-state index contributed by atoms with van der Waals surface area (Å²) < 4.78 is 1.85. The highest BCUT2D eigenvalue weighted by molar-refractivity contribution is 6.31. The van der Waals surface area contributed by atoms with Crippen molar-refractivity contribution in [3.8, 4) is 0 Å². The number of fused-ring (bicyclic) bond motifs is 1. The Morgan fingerprint density at radius 3 is 2.58 bits per heavy atom. The van der Waals surface area contributed by atoms with Crippen LogP contribution in [-0.4, -0.2) is 20.7 Å². The molecule has 6 heteroatoms. The Morgan fingerprint density at radius 2 is 1.92 bits per heavy atom. The quantitative estimate of drug-likeness (QED) is 0.673. The first-order chi connectivity index (χ1) is 12.3. The van der Waals surface area contributed by atoms with Gasteiger partial charge in [-0.1, -0.05) is 31.5 Å². The molecule has 136 valence electrons. The number of carbonyl (C=O) groups is 1. The lowest BCUT2D eigenvalue weighted by Crippen LogP contribution is -2.15. The molecule has 0 fully saturated rings. The Kier molecular flexibility index (Phi) is 5.01. The molecule has 5 nitrogen and oxygen atoms in total. The number of hydrogen-bond donors (Lipinski definition) is 1. The molecule has 0 aliphatic heterocycles. The second kappa shape index (κ2) is 7.08. The number of pyridine rings is 1. The number of amides is 1. The van der Waals surface area contributed by atoms with E-state index in [2.05, 4.69) is 24.3 Å². The van der Waals surface area contributed by atoms with Crippen molar-refractivity contribution >= 4 is 34.2 Å². The van der Waals surface area contributed by atoms with Gasteiger partial charge < -0.3 is 5.32 Å². The largest absolute Gasteiger partial charge is 0.322 e. The lowest BCUT2D eigenvalue weighted by molar-refractivity contribution is 0.102. The smallest absolute Gasteiger partial charge is 0.256 e. The zero-order valence-electron chi connectivity index (χ0n) is 15.7. The fourth-order valence-corrected chi connectivity index (χ4v) is 2.99. The minimum absolute atomic E-state index is 0.161. The molecule has 0 bridgehead atoms. The third-order valence-electron chi connectivity index (χ3n) is 4.36. The summed E-state index contributed by atoms with van der Waals surface area (Å²) in [6.07, 6.45) is 1.71. The zero-order chi connectivity index (χ0) is 19.0. The molecule has 0 saturated carbocycles. The predicted molar refractivity (Wildman–Crippen MR) is 106 cm³/mol. The van der Waals surface area contributed by atoms with Gasteiger partial charge >= 0.3 is 0 Å². The molecular formula is C20H23ClN4O. The summed E-state index contributed by atoms with van der Waals surface area (Å²) in [5, 5.41) is 8.74. The molecule has 1 aromatic carbocycles. The van der Waals surface area contributed by atoms with Crippen LogP contribution in [0, 0.1) is 6.92 Å². The van der Waals surface area contributed by atoms with Gasteiger partial charge in [-0.15, -0.1) is 0 Å². The normalized spacial score (nSPS) is 11.5. The van der Waals surface area contributed by atoms with Crippen molar-refractivity contribution in [3.05, 3.63) is 52.3 Å². The van der Waals surface area contributed by atoms with Crippen LogP contribution in [0.5, 0.6) is 0 Å². The van der Waals surface area contributed by atoms with Crippen LogP contribution >= 0.6 is 11.6 Å². The molecule has 2 aromatic heterocycles. The van der Waals surface area contributed by atoms with Crippen LogP contribution < -0.4 is 5.32 Å². The Balaban J connectivity index is 2.11. The van der Waals surface area contributed by atoms with Crippen molar-refractivity contribution in [1.29, 1.82) is 0 Å². The van der Waals surface area contributed by atoms with Gasteiger partial charge in [0.05, 0.1) is 17.1 Å². The molecule has 1 N–H and O–H groups in total. The van der Waals surface area contributed by atoms with Crippen molar-refractivity contribution < 1.29 is 4.79 Å². The van der Waals surface area contributed by atoms with E-state index in [1.165, 1.54) is 0 Å². The molecule has 3 rings (SSSR count). The number of nitrogens with one attached hydrogen (secondary N) is 1. The summed E-state index contributed by atoms with van der Waals surface area (Å²) >= 11 is 6.07. The van der Waals surface area contributed by atoms with Gasteiger partial charge in [0.2, 0.25) is 0 Å². The highest BCUT2D eigenvalue weighted by Crippen LogP contribution is 2.26. The number of nitrogens with zero attached hydrogens (tertiary/aromatic N) is 3. The number of carbonyl (C=O) groups excluding carboxylic acids is 1. The number of rotatable bonds is 4. The van der Waals surface area contributed by atoms with Crippen LogP contribution in [0.1, 0.15) is 61.3 Å². The van der Waals surface area contributed by atoms with Gasteiger partial charge in [-0.25, -0.2) is 9.67 Å². The molecular weight excluding hydrogens is 348 g/mol. The summed E-state index contributed by atoms with van der Waals surface area (Å²) in [7, 11) is 0. The van der Waals surface area contributed by atoms with E-state index < -0.39 is 0 Å². The minimum Gasteiger partial charge on any atom is -0.322 e. The summed E-state index contributed by atoms with van der Waals surface area (Å²) in [4.78, 5) is 17.8. The second-order valence-electron chi connectivity index (χ2n) is 7.08. The Bertz CT molecular complexity index is 975. The van der Waals surface area contributed by atoms with Crippen LogP contribution in [0.4, 0.5) is 5.69 Å². The van der Waals surface area contributed by atoms with Gasteiger partial charge in [0.25, 0.3) is 5.91 Å². The fraction of sp³-hybridized carbons (Fsp3) is 0.350. The van der Waals surface area contributed by atoms with Crippen molar-refractivity contribution in [2.75, 3.05) is 5.32 Å². The van der Waals surface area contributed by atoms with Gasteiger partial charge in [0.15, 0.2) is 5.65 Å². The average Bonchev–Trinajstić information content (AvgIpc) is 3.01. The standard InChI is InChI=1S/C20H23ClN4O/c1-11(2)17-9-15(16-10-22-25(12(3)4)19(16)23-17)20(26)24-18-8-14(21)7-6-13(18)5/h6-12H,1-5H3,(H,24,26).